The summed E-state index contributed by atoms with van der Waals surface area (Å²) in [6.07, 6.45) is 3.75. The molecule has 0 spiro atoms. The van der Waals surface area contributed by atoms with Crippen molar-refractivity contribution >= 4 is 0 Å². The van der Waals surface area contributed by atoms with Gasteiger partial charge in [-0.05, 0) is 13.0 Å². The number of rotatable bonds is 3. The van der Waals surface area contributed by atoms with Gasteiger partial charge in [-0.15, -0.1) is 0 Å². The molecule has 0 aliphatic carbocycles. The first-order valence-electron chi connectivity index (χ1n) is 2.62. The molecule has 0 atom stereocenters. The van der Waals surface area contributed by atoms with Gasteiger partial charge < -0.3 is 5.73 Å². The Hall–Kier alpha value is 0.583. The van der Waals surface area contributed by atoms with Gasteiger partial charge in [0.25, 0.3) is 0 Å². The number of hydrogen-bond donors (Lipinski definition) is 1. The molecule has 0 heterocycles. The molecule has 0 saturated carbocycles. The van der Waals surface area contributed by atoms with Crippen LogP contribution in [0.15, 0.2) is 0 Å². The molecule has 7 heavy (non-hydrogen) atoms. The summed E-state index contributed by atoms with van der Waals surface area (Å²) in [6, 6.07) is 0. The van der Waals surface area contributed by atoms with Gasteiger partial charge in [0, 0.05) is 19.5 Å². The minimum Gasteiger partial charge on any atom is -0.330 e. The first-order valence-corrected chi connectivity index (χ1v) is 2.62. The summed E-state index contributed by atoms with van der Waals surface area (Å²) < 4.78 is 0. The van der Waals surface area contributed by atoms with Crippen molar-refractivity contribution < 1.29 is 19.5 Å². The molecular formula is C5H13NRu. The van der Waals surface area contributed by atoms with Gasteiger partial charge in [-0.3, -0.25) is 0 Å². The predicted octanol–water partition coefficient (Wildman–Crippen LogP) is 1.13. The SMILES string of the molecule is CCCCCN.[Ru]. The van der Waals surface area contributed by atoms with E-state index in [9.17, 15) is 0 Å². The Bertz CT molecular complexity index is 20.0. The second-order valence-corrected chi connectivity index (χ2v) is 1.50. The van der Waals surface area contributed by atoms with Crippen molar-refractivity contribution in [3.8, 4) is 0 Å². The van der Waals surface area contributed by atoms with Crippen LogP contribution in [0.3, 0.4) is 0 Å². The van der Waals surface area contributed by atoms with E-state index in [0.717, 1.165) is 6.54 Å². The van der Waals surface area contributed by atoms with Crippen molar-refractivity contribution in [2.45, 2.75) is 26.2 Å². The molecule has 0 radical (unpaired) electrons. The molecule has 1 nitrogen and oxygen atoms in total. The smallest absolute Gasteiger partial charge is 0 e. The molecule has 0 aliphatic heterocycles. The third-order valence-electron chi connectivity index (χ3n) is 0.808. The van der Waals surface area contributed by atoms with Crippen LogP contribution in [-0.4, -0.2) is 6.54 Å². The van der Waals surface area contributed by atoms with Crippen LogP contribution >= 0.6 is 0 Å². The van der Waals surface area contributed by atoms with Crippen molar-refractivity contribution in [2.75, 3.05) is 6.54 Å². The second kappa shape index (κ2) is 9.77. The van der Waals surface area contributed by atoms with E-state index >= 15 is 0 Å². The summed E-state index contributed by atoms with van der Waals surface area (Å²) in [5.41, 5.74) is 5.21. The topological polar surface area (TPSA) is 26.0 Å². The fourth-order valence-electron chi connectivity index (χ4n) is 0.394. The molecule has 0 bridgehead atoms. The molecule has 46 valence electrons. The summed E-state index contributed by atoms with van der Waals surface area (Å²) >= 11 is 0. The van der Waals surface area contributed by atoms with Crippen molar-refractivity contribution in [1.82, 2.24) is 0 Å². The molecule has 0 aromatic rings. The van der Waals surface area contributed by atoms with Gasteiger partial charge >= 0.3 is 0 Å². The summed E-state index contributed by atoms with van der Waals surface area (Å²) in [5, 5.41) is 0. The van der Waals surface area contributed by atoms with Crippen LogP contribution in [-0.2, 0) is 19.5 Å². The molecule has 2 N–H and O–H groups in total. The largest absolute Gasteiger partial charge is 0.330 e. The summed E-state index contributed by atoms with van der Waals surface area (Å²) in [5.74, 6) is 0. The Labute approximate surface area is 58.4 Å². The molecule has 0 amide bonds. The van der Waals surface area contributed by atoms with Gasteiger partial charge in [-0.1, -0.05) is 19.8 Å². The average Bonchev–Trinajstić information content (AvgIpc) is 1.61. The Kier molecular flexibility index (Phi) is 14.7. The van der Waals surface area contributed by atoms with E-state index in [2.05, 4.69) is 6.92 Å². The molecule has 0 aliphatic rings. The Morgan fingerprint density at radius 3 is 2.00 bits per heavy atom. The van der Waals surface area contributed by atoms with E-state index < -0.39 is 0 Å². The van der Waals surface area contributed by atoms with Crippen molar-refractivity contribution in [1.29, 1.82) is 0 Å². The fourth-order valence-corrected chi connectivity index (χ4v) is 0.394. The van der Waals surface area contributed by atoms with E-state index in [-0.39, 0.29) is 19.5 Å². The first kappa shape index (κ1) is 10.5. The van der Waals surface area contributed by atoms with Crippen molar-refractivity contribution in [2.24, 2.45) is 5.73 Å². The van der Waals surface area contributed by atoms with Crippen LogP contribution < -0.4 is 5.73 Å². The standard InChI is InChI=1S/C5H13N.Ru/c1-2-3-4-5-6;/h2-6H2,1H3;. The van der Waals surface area contributed by atoms with Crippen molar-refractivity contribution in [3.05, 3.63) is 0 Å². The third-order valence-corrected chi connectivity index (χ3v) is 0.808. The molecule has 0 aromatic carbocycles. The zero-order valence-corrected chi connectivity index (χ0v) is 6.50. The van der Waals surface area contributed by atoms with Gasteiger partial charge in [0.05, 0.1) is 0 Å². The number of hydrogen-bond acceptors (Lipinski definition) is 1. The fraction of sp³-hybridized carbons (Fsp3) is 1.00. The van der Waals surface area contributed by atoms with Crippen LogP contribution in [0.2, 0.25) is 0 Å². The summed E-state index contributed by atoms with van der Waals surface area (Å²) in [4.78, 5) is 0. The van der Waals surface area contributed by atoms with Crippen LogP contribution in [0.1, 0.15) is 26.2 Å². The van der Waals surface area contributed by atoms with Crippen LogP contribution in [0.4, 0.5) is 0 Å². The maximum absolute atomic E-state index is 5.21. The summed E-state index contributed by atoms with van der Waals surface area (Å²) in [7, 11) is 0. The molecule has 0 unspecified atom stereocenters. The monoisotopic (exact) mass is 189 g/mol. The molecule has 2 heteroatoms. The van der Waals surface area contributed by atoms with Gasteiger partial charge in [-0.25, -0.2) is 0 Å². The van der Waals surface area contributed by atoms with Crippen LogP contribution in [0.5, 0.6) is 0 Å². The predicted molar refractivity (Wildman–Crippen MR) is 28.6 cm³/mol. The van der Waals surface area contributed by atoms with Gasteiger partial charge in [0.2, 0.25) is 0 Å². The average molecular weight is 188 g/mol. The maximum Gasteiger partial charge on any atom is 0 e. The van der Waals surface area contributed by atoms with Crippen LogP contribution in [0.25, 0.3) is 0 Å². The van der Waals surface area contributed by atoms with E-state index in [1.54, 1.807) is 0 Å². The Morgan fingerprint density at radius 1 is 1.29 bits per heavy atom. The minimum atomic E-state index is 0. The number of unbranched alkanes of at least 4 members (excludes halogenated alkanes) is 2. The van der Waals surface area contributed by atoms with E-state index in [1.807, 2.05) is 0 Å². The van der Waals surface area contributed by atoms with Crippen molar-refractivity contribution in [3.63, 3.8) is 0 Å². The summed E-state index contributed by atoms with van der Waals surface area (Å²) in [6.45, 7) is 3.03. The molecular weight excluding hydrogens is 175 g/mol. The normalized spacial score (nSPS) is 7.71. The second-order valence-electron chi connectivity index (χ2n) is 1.50. The molecule has 0 rings (SSSR count). The van der Waals surface area contributed by atoms with Gasteiger partial charge in [0.15, 0.2) is 0 Å². The van der Waals surface area contributed by atoms with Crippen LogP contribution in [0, 0.1) is 0 Å². The van der Waals surface area contributed by atoms with E-state index in [0.29, 0.717) is 0 Å². The van der Waals surface area contributed by atoms with E-state index in [4.69, 9.17) is 5.73 Å². The Balaban J connectivity index is 0. The minimum absolute atomic E-state index is 0. The quantitative estimate of drug-likeness (QED) is 0.521. The Morgan fingerprint density at radius 2 is 1.86 bits per heavy atom. The van der Waals surface area contributed by atoms with Gasteiger partial charge in [0.1, 0.15) is 0 Å². The zero-order chi connectivity index (χ0) is 4.83. The number of nitrogens with two attached hydrogens (primary N) is 1. The van der Waals surface area contributed by atoms with E-state index in [1.165, 1.54) is 19.3 Å². The molecule has 0 saturated heterocycles. The first-order chi connectivity index (χ1) is 2.91. The molecule has 0 fully saturated rings. The molecule has 0 aromatic heterocycles. The third kappa shape index (κ3) is 10.8. The van der Waals surface area contributed by atoms with Gasteiger partial charge in [-0.2, -0.15) is 0 Å². The maximum atomic E-state index is 5.21. The zero-order valence-electron chi connectivity index (χ0n) is 4.76.